The van der Waals surface area contributed by atoms with E-state index in [0.29, 0.717) is 5.56 Å². The first-order chi connectivity index (χ1) is 7.74. The van der Waals surface area contributed by atoms with Gasteiger partial charge >= 0.3 is 6.18 Å². The van der Waals surface area contributed by atoms with Crippen LogP contribution in [0.2, 0.25) is 0 Å². The Kier molecular flexibility index (Phi) is 2.69. The zero-order valence-electron chi connectivity index (χ0n) is 9.31. The van der Waals surface area contributed by atoms with Gasteiger partial charge in [0, 0.05) is 6.04 Å². The highest BCUT2D eigenvalue weighted by Crippen LogP contribution is 2.53. The molecule has 17 heavy (non-hydrogen) atoms. The molecule has 1 nitrogen and oxygen atoms in total. The maximum atomic E-state index is 13.3. The lowest BCUT2D eigenvalue weighted by atomic mass is 9.92. The molecule has 1 unspecified atom stereocenters. The summed E-state index contributed by atoms with van der Waals surface area (Å²) in [5, 5.41) is 0. The van der Waals surface area contributed by atoms with Gasteiger partial charge < -0.3 is 5.73 Å². The number of benzene rings is 1. The van der Waals surface area contributed by atoms with E-state index in [9.17, 15) is 17.6 Å². The van der Waals surface area contributed by atoms with Crippen molar-refractivity contribution in [2.45, 2.75) is 32.0 Å². The van der Waals surface area contributed by atoms with Crippen LogP contribution in [0.3, 0.4) is 0 Å². The fraction of sp³-hybridized carbons (Fsp3) is 0.500. The topological polar surface area (TPSA) is 26.0 Å². The molecule has 0 aliphatic heterocycles. The molecule has 1 saturated carbocycles. The van der Waals surface area contributed by atoms with Crippen molar-refractivity contribution < 1.29 is 17.6 Å². The Morgan fingerprint density at radius 3 is 2.29 bits per heavy atom. The van der Waals surface area contributed by atoms with Crippen molar-refractivity contribution in [1.29, 1.82) is 0 Å². The minimum absolute atomic E-state index is 0.0911. The summed E-state index contributed by atoms with van der Waals surface area (Å²) in [5.74, 6) is -1.25. The van der Waals surface area contributed by atoms with Gasteiger partial charge in [0.1, 0.15) is 5.82 Å². The molecule has 1 aliphatic rings. The number of rotatable bonds is 2. The molecule has 5 heteroatoms. The van der Waals surface area contributed by atoms with Crippen molar-refractivity contribution in [3.63, 3.8) is 0 Å². The Morgan fingerprint density at radius 1 is 1.29 bits per heavy atom. The van der Waals surface area contributed by atoms with Crippen molar-refractivity contribution >= 4 is 0 Å². The molecule has 1 aromatic rings. The molecule has 2 N–H and O–H groups in total. The van der Waals surface area contributed by atoms with Crippen LogP contribution in [0, 0.1) is 11.2 Å². The van der Waals surface area contributed by atoms with Crippen molar-refractivity contribution in [2.75, 3.05) is 0 Å². The first-order valence-electron chi connectivity index (χ1n) is 5.36. The third kappa shape index (κ3) is 2.29. The number of alkyl halides is 3. The molecular weight excluding hydrogens is 234 g/mol. The van der Waals surface area contributed by atoms with Crippen molar-refractivity contribution in [3.8, 4) is 0 Å². The molecule has 0 heterocycles. The summed E-state index contributed by atoms with van der Waals surface area (Å²) < 4.78 is 50.4. The van der Waals surface area contributed by atoms with Gasteiger partial charge in [-0.25, -0.2) is 4.39 Å². The standard InChI is InChI=1S/C12H13F4N/c1-11(4-5-11)10(17)7-2-3-8(9(13)6-7)12(14,15)16/h2-3,6,10H,4-5,17H2,1H3. The Labute approximate surface area is 96.6 Å². The van der Waals surface area contributed by atoms with Gasteiger partial charge in [-0.05, 0) is 36.0 Å². The van der Waals surface area contributed by atoms with Gasteiger partial charge in [0.2, 0.25) is 0 Å². The van der Waals surface area contributed by atoms with Crippen molar-refractivity contribution in [2.24, 2.45) is 11.1 Å². The average molecular weight is 247 g/mol. The fourth-order valence-corrected chi connectivity index (χ4v) is 1.87. The van der Waals surface area contributed by atoms with Crippen LogP contribution in [-0.2, 0) is 6.18 Å². The molecule has 0 spiro atoms. The van der Waals surface area contributed by atoms with Crippen LogP contribution in [0.1, 0.15) is 36.9 Å². The fourth-order valence-electron chi connectivity index (χ4n) is 1.87. The minimum atomic E-state index is -4.66. The average Bonchev–Trinajstić information content (AvgIpc) is 2.94. The number of halogens is 4. The highest BCUT2D eigenvalue weighted by atomic mass is 19.4. The second-order valence-electron chi connectivity index (χ2n) is 4.87. The second-order valence-corrected chi connectivity index (χ2v) is 4.87. The molecule has 0 aromatic heterocycles. The largest absolute Gasteiger partial charge is 0.419 e. The molecule has 2 rings (SSSR count). The first-order valence-corrected chi connectivity index (χ1v) is 5.36. The summed E-state index contributed by atoms with van der Waals surface area (Å²) in [7, 11) is 0. The Hall–Kier alpha value is -1.10. The predicted molar refractivity (Wildman–Crippen MR) is 55.7 cm³/mol. The van der Waals surface area contributed by atoms with Crippen LogP contribution >= 0.6 is 0 Å². The SMILES string of the molecule is CC1(C(N)c2ccc(C(F)(F)F)c(F)c2)CC1. The van der Waals surface area contributed by atoms with Crippen molar-refractivity contribution in [1.82, 2.24) is 0 Å². The van der Waals surface area contributed by atoms with Gasteiger partial charge in [-0.3, -0.25) is 0 Å². The lowest BCUT2D eigenvalue weighted by Gasteiger charge is -2.20. The van der Waals surface area contributed by atoms with Gasteiger partial charge in [-0.1, -0.05) is 13.0 Å². The maximum absolute atomic E-state index is 13.3. The maximum Gasteiger partial charge on any atom is 0.419 e. The summed E-state index contributed by atoms with van der Waals surface area (Å²) >= 11 is 0. The number of hydrogen-bond acceptors (Lipinski definition) is 1. The zero-order valence-corrected chi connectivity index (χ0v) is 9.31. The molecule has 0 bridgehead atoms. The quantitative estimate of drug-likeness (QED) is 0.793. The highest BCUT2D eigenvalue weighted by molar-refractivity contribution is 5.30. The van der Waals surface area contributed by atoms with Crippen LogP contribution in [0.15, 0.2) is 18.2 Å². The third-order valence-electron chi connectivity index (χ3n) is 3.45. The highest BCUT2D eigenvalue weighted by Gasteiger charge is 2.44. The van der Waals surface area contributed by atoms with E-state index in [1.54, 1.807) is 0 Å². The molecular formula is C12H13F4N. The van der Waals surface area contributed by atoms with Gasteiger partial charge in [-0.15, -0.1) is 0 Å². The monoisotopic (exact) mass is 247 g/mol. The van der Waals surface area contributed by atoms with Crippen LogP contribution in [0.25, 0.3) is 0 Å². The Bertz CT molecular complexity index is 435. The lowest BCUT2D eigenvalue weighted by Crippen LogP contribution is -2.20. The van der Waals surface area contributed by atoms with Gasteiger partial charge in [0.25, 0.3) is 0 Å². The van der Waals surface area contributed by atoms with E-state index in [-0.39, 0.29) is 5.41 Å². The normalized spacial score (nSPS) is 20.1. The van der Waals surface area contributed by atoms with E-state index in [4.69, 9.17) is 5.73 Å². The molecule has 0 saturated heterocycles. The zero-order chi connectivity index (χ0) is 12.8. The molecule has 94 valence electrons. The third-order valence-corrected chi connectivity index (χ3v) is 3.45. The molecule has 0 amide bonds. The van der Waals surface area contributed by atoms with Gasteiger partial charge in [0.05, 0.1) is 5.56 Å². The lowest BCUT2D eigenvalue weighted by molar-refractivity contribution is -0.140. The van der Waals surface area contributed by atoms with E-state index in [2.05, 4.69) is 0 Å². The van der Waals surface area contributed by atoms with Gasteiger partial charge in [-0.2, -0.15) is 13.2 Å². The van der Waals surface area contributed by atoms with E-state index >= 15 is 0 Å². The number of hydrogen-bond donors (Lipinski definition) is 1. The summed E-state index contributed by atoms with van der Waals surface area (Å²) in [5.41, 5.74) is 5.01. The van der Waals surface area contributed by atoms with Crippen LogP contribution in [0.5, 0.6) is 0 Å². The van der Waals surface area contributed by atoms with E-state index in [0.717, 1.165) is 25.0 Å². The van der Waals surface area contributed by atoms with Gasteiger partial charge in [0.15, 0.2) is 0 Å². The second kappa shape index (κ2) is 3.70. The summed E-state index contributed by atoms with van der Waals surface area (Å²) in [6, 6.07) is 2.52. The van der Waals surface area contributed by atoms with Crippen LogP contribution in [0.4, 0.5) is 17.6 Å². The predicted octanol–water partition coefficient (Wildman–Crippen LogP) is 3.64. The van der Waals surface area contributed by atoms with Crippen LogP contribution < -0.4 is 5.73 Å². The molecule has 1 atom stereocenters. The van der Waals surface area contributed by atoms with E-state index < -0.39 is 23.6 Å². The smallest absolute Gasteiger partial charge is 0.323 e. The van der Waals surface area contributed by atoms with E-state index in [1.165, 1.54) is 6.07 Å². The molecule has 0 radical (unpaired) electrons. The summed E-state index contributed by atoms with van der Waals surface area (Å²) in [4.78, 5) is 0. The first kappa shape index (κ1) is 12.4. The summed E-state index contributed by atoms with van der Waals surface area (Å²) in [6.45, 7) is 1.95. The number of nitrogens with two attached hydrogens (primary N) is 1. The summed E-state index contributed by atoms with van der Waals surface area (Å²) in [6.07, 6.45) is -2.80. The minimum Gasteiger partial charge on any atom is -0.323 e. The van der Waals surface area contributed by atoms with Crippen LogP contribution in [-0.4, -0.2) is 0 Å². The molecule has 1 aromatic carbocycles. The Morgan fingerprint density at radius 2 is 1.88 bits per heavy atom. The molecule has 1 fully saturated rings. The molecule has 1 aliphatic carbocycles. The van der Waals surface area contributed by atoms with Crippen molar-refractivity contribution in [3.05, 3.63) is 35.1 Å². The Balaban J connectivity index is 2.31. The van der Waals surface area contributed by atoms with E-state index in [1.807, 2.05) is 6.92 Å².